The molecule has 234 valence electrons. The van der Waals surface area contributed by atoms with E-state index in [0.717, 1.165) is 50.8 Å². The standard InChI is InChI=1S/C47H31N3/c1-4-16-32(17-5-1)35-30-41(34-19-6-2-7-20-34)48-44(31-35)50-42-26-14-12-24-38(42)45-40-29-28-33-18-10-11-23-37(33)46(40)49(36-21-8-3-9-22-36)47(45)39-25-13-15-27-43(39)50/h1-31H. The lowest BCUT2D eigenvalue weighted by atomic mass is 9.97. The van der Waals surface area contributed by atoms with Crippen molar-refractivity contribution in [3.05, 3.63) is 188 Å². The normalized spacial score (nSPS) is 12.0. The van der Waals surface area contributed by atoms with Crippen molar-refractivity contribution in [1.82, 2.24) is 9.55 Å². The second kappa shape index (κ2) is 11.5. The van der Waals surface area contributed by atoms with Gasteiger partial charge in [0.2, 0.25) is 0 Å². The summed E-state index contributed by atoms with van der Waals surface area (Å²) in [5.41, 5.74) is 13.5. The number of rotatable bonds is 4. The molecule has 0 saturated carbocycles. The number of para-hydroxylation sites is 3. The van der Waals surface area contributed by atoms with Gasteiger partial charge in [0.1, 0.15) is 5.82 Å². The van der Waals surface area contributed by atoms with E-state index < -0.39 is 0 Å². The first-order chi connectivity index (χ1) is 24.8. The molecule has 7 aromatic carbocycles. The third-order valence-electron chi connectivity index (χ3n) is 9.90. The SMILES string of the molecule is c1ccc(-c2cc(-c3ccccc3)nc(N3c4ccccc4-c4c(n(-c5ccccc5)c5c4ccc4ccccc45)-c4ccccc43)c2)cc1. The van der Waals surface area contributed by atoms with Crippen molar-refractivity contribution in [2.24, 2.45) is 0 Å². The summed E-state index contributed by atoms with van der Waals surface area (Å²) in [5, 5.41) is 3.68. The molecule has 0 amide bonds. The van der Waals surface area contributed by atoms with E-state index in [1.54, 1.807) is 0 Å². The van der Waals surface area contributed by atoms with E-state index in [1.165, 1.54) is 38.5 Å². The van der Waals surface area contributed by atoms with Crippen molar-refractivity contribution < 1.29 is 0 Å². The zero-order valence-electron chi connectivity index (χ0n) is 27.2. The van der Waals surface area contributed by atoms with Gasteiger partial charge in [0, 0.05) is 38.7 Å². The fourth-order valence-corrected chi connectivity index (χ4v) is 7.72. The Bertz CT molecular complexity index is 2640. The van der Waals surface area contributed by atoms with Gasteiger partial charge in [-0.25, -0.2) is 4.98 Å². The number of hydrogen-bond acceptors (Lipinski definition) is 2. The Kier molecular flexibility index (Phi) is 6.49. The number of benzene rings is 7. The maximum Gasteiger partial charge on any atom is 0.138 e. The summed E-state index contributed by atoms with van der Waals surface area (Å²) in [6.07, 6.45) is 0. The van der Waals surface area contributed by atoms with E-state index in [-0.39, 0.29) is 0 Å². The molecule has 50 heavy (non-hydrogen) atoms. The molecule has 3 heteroatoms. The summed E-state index contributed by atoms with van der Waals surface area (Å²) in [7, 11) is 0. The molecule has 1 aliphatic heterocycles. The van der Waals surface area contributed by atoms with E-state index in [4.69, 9.17) is 4.98 Å². The minimum atomic E-state index is 0.872. The minimum Gasteiger partial charge on any atom is -0.308 e. The van der Waals surface area contributed by atoms with Crippen molar-refractivity contribution in [2.45, 2.75) is 0 Å². The van der Waals surface area contributed by atoms with E-state index in [1.807, 2.05) is 0 Å². The van der Waals surface area contributed by atoms with Crippen LogP contribution in [0.15, 0.2) is 188 Å². The van der Waals surface area contributed by atoms with Crippen LogP contribution in [0.25, 0.3) is 72.1 Å². The third kappa shape index (κ3) is 4.41. The lowest BCUT2D eigenvalue weighted by molar-refractivity contribution is 1.14. The van der Waals surface area contributed by atoms with E-state index >= 15 is 0 Å². The number of pyridine rings is 1. The van der Waals surface area contributed by atoms with Crippen molar-refractivity contribution in [2.75, 3.05) is 4.90 Å². The van der Waals surface area contributed by atoms with Crippen LogP contribution in [-0.4, -0.2) is 9.55 Å². The predicted molar refractivity (Wildman–Crippen MR) is 209 cm³/mol. The molecule has 0 atom stereocenters. The lowest BCUT2D eigenvalue weighted by Crippen LogP contribution is -2.13. The van der Waals surface area contributed by atoms with Crippen LogP contribution in [0.5, 0.6) is 0 Å². The summed E-state index contributed by atoms with van der Waals surface area (Å²) in [5.74, 6) is 0.872. The first kappa shape index (κ1) is 28.3. The van der Waals surface area contributed by atoms with Gasteiger partial charge in [0.05, 0.1) is 28.3 Å². The van der Waals surface area contributed by atoms with Crippen molar-refractivity contribution in [1.29, 1.82) is 0 Å². The zero-order chi connectivity index (χ0) is 33.0. The van der Waals surface area contributed by atoms with Gasteiger partial charge >= 0.3 is 0 Å². The van der Waals surface area contributed by atoms with Gasteiger partial charge in [-0.1, -0.05) is 152 Å². The molecule has 0 N–H and O–H groups in total. The highest BCUT2D eigenvalue weighted by atomic mass is 15.2. The molecule has 0 bridgehead atoms. The summed E-state index contributed by atoms with van der Waals surface area (Å²) < 4.78 is 2.48. The molecule has 0 spiro atoms. The van der Waals surface area contributed by atoms with Crippen molar-refractivity contribution in [3.8, 4) is 50.5 Å². The summed E-state index contributed by atoms with van der Waals surface area (Å²) >= 11 is 0. The average Bonchev–Trinajstić information content (AvgIpc) is 3.48. The maximum absolute atomic E-state index is 5.44. The molecule has 0 fully saturated rings. The second-order valence-corrected chi connectivity index (χ2v) is 12.8. The molecule has 0 radical (unpaired) electrons. The highest BCUT2D eigenvalue weighted by Gasteiger charge is 2.32. The number of anilines is 3. The van der Waals surface area contributed by atoms with Crippen LogP contribution in [0, 0.1) is 0 Å². The highest BCUT2D eigenvalue weighted by molar-refractivity contribution is 6.19. The van der Waals surface area contributed by atoms with Gasteiger partial charge in [-0.05, 0) is 52.9 Å². The van der Waals surface area contributed by atoms with Gasteiger partial charge in [-0.2, -0.15) is 0 Å². The lowest BCUT2D eigenvalue weighted by Gasteiger charge is -2.27. The molecule has 0 aliphatic carbocycles. The third-order valence-corrected chi connectivity index (χ3v) is 9.90. The summed E-state index contributed by atoms with van der Waals surface area (Å²) in [4.78, 5) is 7.81. The second-order valence-electron chi connectivity index (χ2n) is 12.8. The molecule has 0 saturated heterocycles. The molecule has 0 unspecified atom stereocenters. The Morgan fingerprint density at radius 3 is 1.78 bits per heavy atom. The first-order valence-corrected chi connectivity index (χ1v) is 17.1. The summed E-state index contributed by atoms with van der Waals surface area (Å²) in [6, 6.07) is 67.3. The Labute approximate surface area is 291 Å². The molecule has 2 aromatic heterocycles. The van der Waals surface area contributed by atoms with Crippen LogP contribution in [0.2, 0.25) is 0 Å². The van der Waals surface area contributed by atoms with E-state index in [9.17, 15) is 0 Å². The molecular formula is C47H31N3. The van der Waals surface area contributed by atoms with Crippen LogP contribution in [-0.2, 0) is 0 Å². The molecule has 3 heterocycles. The van der Waals surface area contributed by atoms with Gasteiger partial charge in [0.15, 0.2) is 0 Å². The Morgan fingerprint density at radius 1 is 0.420 bits per heavy atom. The van der Waals surface area contributed by atoms with Crippen LogP contribution in [0.1, 0.15) is 0 Å². The first-order valence-electron chi connectivity index (χ1n) is 17.1. The number of hydrogen-bond donors (Lipinski definition) is 0. The van der Waals surface area contributed by atoms with Crippen molar-refractivity contribution in [3.63, 3.8) is 0 Å². The Morgan fingerprint density at radius 2 is 1.02 bits per heavy atom. The Hall–Kier alpha value is -6.71. The summed E-state index contributed by atoms with van der Waals surface area (Å²) in [6.45, 7) is 0. The van der Waals surface area contributed by atoms with Crippen LogP contribution in [0.4, 0.5) is 17.2 Å². The molecule has 10 rings (SSSR count). The van der Waals surface area contributed by atoms with Crippen LogP contribution in [0.3, 0.4) is 0 Å². The van der Waals surface area contributed by atoms with Crippen molar-refractivity contribution >= 4 is 38.9 Å². The molecular weight excluding hydrogens is 607 g/mol. The highest BCUT2D eigenvalue weighted by Crippen LogP contribution is 2.55. The van der Waals surface area contributed by atoms with Gasteiger partial charge in [-0.3, -0.25) is 4.90 Å². The van der Waals surface area contributed by atoms with E-state index in [0.29, 0.717) is 0 Å². The van der Waals surface area contributed by atoms with Crippen LogP contribution < -0.4 is 4.90 Å². The number of aromatic nitrogens is 2. The average molecular weight is 638 g/mol. The topological polar surface area (TPSA) is 21.1 Å². The minimum absolute atomic E-state index is 0.872. The zero-order valence-corrected chi connectivity index (χ0v) is 27.2. The monoisotopic (exact) mass is 637 g/mol. The quantitative estimate of drug-likeness (QED) is 0.191. The molecule has 3 nitrogen and oxygen atoms in total. The number of nitrogens with zero attached hydrogens (tertiary/aromatic N) is 3. The molecule has 1 aliphatic rings. The largest absolute Gasteiger partial charge is 0.308 e. The maximum atomic E-state index is 5.44. The fraction of sp³-hybridized carbons (Fsp3) is 0. The predicted octanol–water partition coefficient (Wildman–Crippen LogP) is 12.6. The molecule has 9 aromatic rings. The van der Waals surface area contributed by atoms with Gasteiger partial charge < -0.3 is 4.57 Å². The Balaban J connectivity index is 1.34. The van der Waals surface area contributed by atoms with Gasteiger partial charge in [0.25, 0.3) is 0 Å². The van der Waals surface area contributed by atoms with Gasteiger partial charge in [-0.15, -0.1) is 0 Å². The number of fused-ring (bicyclic) bond motifs is 9. The van der Waals surface area contributed by atoms with Crippen LogP contribution >= 0.6 is 0 Å². The van der Waals surface area contributed by atoms with E-state index in [2.05, 4.69) is 198 Å². The fourth-order valence-electron chi connectivity index (χ4n) is 7.72. The smallest absolute Gasteiger partial charge is 0.138 e.